The molecule has 2 aromatic heterocycles. The molecule has 0 saturated heterocycles. The van der Waals surface area contributed by atoms with Gasteiger partial charge in [0.15, 0.2) is 11.4 Å². The number of benzene rings is 1. The summed E-state index contributed by atoms with van der Waals surface area (Å²) >= 11 is 6.01. The van der Waals surface area contributed by atoms with Crippen LogP contribution in [-0.2, 0) is 13.1 Å². The van der Waals surface area contributed by atoms with Gasteiger partial charge in [0.25, 0.3) is 5.91 Å². The number of nitrogens with zero attached hydrogens (tertiary/aromatic N) is 3. The molecule has 1 aromatic carbocycles. The first-order chi connectivity index (χ1) is 13.0. The van der Waals surface area contributed by atoms with Crippen LogP contribution in [0, 0.1) is 0 Å². The van der Waals surface area contributed by atoms with Gasteiger partial charge in [-0.15, -0.1) is 12.4 Å². The van der Waals surface area contributed by atoms with Crippen molar-refractivity contribution in [2.45, 2.75) is 13.1 Å². The van der Waals surface area contributed by atoms with Crippen LogP contribution < -0.4 is 5.43 Å². The summed E-state index contributed by atoms with van der Waals surface area (Å²) in [5.74, 6) is -0.928. The second kappa shape index (κ2) is 8.04. The summed E-state index contributed by atoms with van der Waals surface area (Å²) in [5, 5.41) is 11.0. The van der Waals surface area contributed by atoms with Crippen molar-refractivity contribution in [3.05, 3.63) is 81.4 Å². The van der Waals surface area contributed by atoms with Gasteiger partial charge < -0.3 is 14.6 Å². The molecule has 0 fully saturated rings. The molecule has 3 heterocycles. The van der Waals surface area contributed by atoms with E-state index in [4.69, 9.17) is 11.6 Å². The highest BCUT2D eigenvalue weighted by atomic mass is 35.5. The number of fused-ring (bicyclic) bond motifs is 1. The summed E-state index contributed by atoms with van der Waals surface area (Å²) in [6, 6.07) is 12.5. The van der Waals surface area contributed by atoms with E-state index in [0.717, 1.165) is 5.56 Å². The Labute approximate surface area is 172 Å². The Kier molecular flexibility index (Phi) is 5.72. The zero-order valence-electron chi connectivity index (χ0n) is 14.7. The van der Waals surface area contributed by atoms with Crippen LogP contribution in [0.25, 0.3) is 11.3 Å². The van der Waals surface area contributed by atoms with Gasteiger partial charge in [-0.3, -0.25) is 14.6 Å². The topological polar surface area (TPSA) is 75.4 Å². The molecule has 0 unspecified atom stereocenters. The Morgan fingerprint density at radius 3 is 2.64 bits per heavy atom. The lowest BCUT2D eigenvalue weighted by Gasteiger charge is -2.30. The SMILES string of the molecule is Cl.O=C1c2c(O)c(=O)c(-c3ccccn3)cn2CCN1Cc1cccc(Cl)c1. The number of hydrogen-bond acceptors (Lipinski definition) is 4. The highest BCUT2D eigenvalue weighted by Gasteiger charge is 2.30. The molecule has 8 heteroatoms. The number of amides is 1. The molecule has 1 N–H and O–H groups in total. The summed E-state index contributed by atoms with van der Waals surface area (Å²) in [5.41, 5.74) is 1.02. The second-order valence-electron chi connectivity index (χ2n) is 6.33. The molecule has 1 aliphatic rings. The quantitative estimate of drug-likeness (QED) is 0.708. The molecule has 0 aliphatic carbocycles. The van der Waals surface area contributed by atoms with Crippen molar-refractivity contribution in [3.63, 3.8) is 0 Å². The van der Waals surface area contributed by atoms with E-state index in [1.807, 2.05) is 12.1 Å². The summed E-state index contributed by atoms with van der Waals surface area (Å²) in [4.78, 5) is 31.3. The minimum atomic E-state index is -0.599. The lowest BCUT2D eigenvalue weighted by Crippen LogP contribution is -2.41. The van der Waals surface area contributed by atoms with Crippen molar-refractivity contribution >= 4 is 29.9 Å². The lowest BCUT2D eigenvalue weighted by atomic mass is 10.1. The van der Waals surface area contributed by atoms with Crippen LogP contribution in [0.3, 0.4) is 0 Å². The maximum absolute atomic E-state index is 12.9. The fourth-order valence-electron chi connectivity index (χ4n) is 3.24. The summed E-state index contributed by atoms with van der Waals surface area (Å²) in [6.45, 7) is 1.28. The highest BCUT2D eigenvalue weighted by Crippen LogP contribution is 2.25. The fourth-order valence-corrected chi connectivity index (χ4v) is 3.45. The predicted octanol–water partition coefficient (Wildman–Crippen LogP) is 3.35. The Balaban J connectivity index is 0.00000225. The van der Waals surface area contributed by atoms with Crippen LogP contribution in [0.5, 0.6) is 5.75 Å². The second-order valence-corrected chi connectivity index (χ2v) is 6.77. The van der Waals surface area contributed by atoms with Gasteiger partial charge in [0.2, 0.25) is 5.43 Å². The zero-order chi connectivity index (χ0) is 19.0. The van der Waals surface area contributed by atoms with Gasteiger partial charge in [-0.2, -0.15) is 0 Å². The van der Waals surface area contributed by atoms with Gasteiger partial charge in [-0.1, -0.05) is 29.8 Å². The molecule has 28 heavy (non-hydrogen) atoms. The summed E-state index contributed by atoms with van der Waals surface area (Å²) in [7, 11) is 0. The van der Waals surface area contributed by atoms with Crippen LogP contribution in [0.2, 0.25) is 5.02 Å². The molecule has 0 radical (unpaired) electrons. The molecular weight excluding hydrogens is 401 g/mol. The molecule has 6 nitrogen and oxygen atoms in total. The van der Waals surface area contributed by atoms with Crippen molar-refractivity contribution in [1.29, 1.82) is 0 Å². The number of rotatable bonds is 3. The summed E-state index contributed by atoms with van der Waals surface area (Å²) in [6.07, 6.45) is 3.17. The van der Waals surface area contributed by atoms with E-state index in [0.29, 0.717) is 30.4 Å². The summed E-state index contributed by atoms with van der Waals surface area (Å²) < 4.78 is 1.62. The first-order valence-corrected chi connectivity index (χ1v) is 8.84. The minimum absolute atomic E-state index is 0. The van der Waals surface area contributed by atoms with Gasteiger partial charge in [0.05, 0.1) is 11.3 Å². The Bertz CT molecular complexity index is 1080. The first-order valence-electron chi connectivity index (χ1n) is 8.46. The smallest absolute Gasteiger partial charge is 0.274 e. The molecule has 144 valence electrons. The van der Waals surface area contributed by atoms with E-state index in [1.165, 1.54) is 0 Å². The lowest BCUT2D eigenvalue weighted by molar-refractivity contribution is 0.0683. The van der Waals surface area contributed by atoms with Crippen molar-refractivity contribution in [2.75, 3.05) is 6.54 Å². The molecular formula is C20H17Cl2N3O3. The average Bonchev–Trinajstić information content (AvgIpc) is 2.67. The first kappa shape index (κ1) is 19.9. The average molecular weight is 418 g/mol. The molecule has 0 saturated carbocycles. The normalized spacial score (nSPS) is 13.0. The Morgan fingerprint density at radius 2 is 1.93 bits per heavy atom. The van der Waals surface area contributed by atoms with Crippen LogP contribution in [0.4, 0.5) is 0 Å². The van der Waals surface area contributed by atoms with Gasteiger partial charge in [0, 0.05) is 37.1 Å². The number of halogens is 2. The molecule has 0 bridgehead atoms. The molecule has 1 amide bonds. The van der Waals surface area contributed by atoms with Gasteiger partial charge in [0.1, 0.15) is 0 Å². The van der Waals surface area contributed by atoms with Gasteiger partial charge >= 0.3 is 0 Å². The van der Waals surface area contributed by atoms with Crippen LogP contribution in [-0.4, -0.2) is 32.0 Å². The number of aromatic hydroxyl groups is 1. The number of carbonyl (C=O) groups is 1. The Morgan fingerprint density at radius 1 is 1.11 bits per heavy atom. The zero-order valence-corrected chi connectivity index (χ0v) is 16.3. The highest BCUT2D eigenvalue weighted by molar-refractivity contribution is 6.30. The monoisotopic (exact) mass is 417 g/mol. The maximum Gasteiger partial charge on any atom is 0.274 e. The number of carbonyl (C=O) groups excluding carboxylic acids is 1. The number of aromatic nitrogens is 2. The van der Waals surface area contributed by atoms with E-state index in [2.05, 4.69) is 4.98 Å². The van der Waals surface area contributed by atoms with E-state index in [9.17, 15) is 14.7 Å². The van der Waals surface area contributed by atoms with Crippen molar-refractivity contribution in [2.24, 2.45) is 0 Å². The molecule has 0 spiro atoms. The van der Waals surface area contributed by atoms with E-state index < -0.39 is 11.2 Å². The van der Waals surface area contributed by atoms with Crippen molar-refractivity contribution in [3.8, 4) is 17.0 Å². The van der Waals surface area contributed by atoms with E-state index >= 15 is 0 Å². The predicted molar refractivity (Wildman–Crippen MR) is 109 cm³/mol. The van der Waals surface area contributed by atoms with Gasteiger partial charge in [-0.05, 0) is 29.8 Å². The third-order valence-electron chi connectivity index (χ3n) is 4.56. The largest absolute Gasteiger partial charge is 0.503 e. The fraction of sp³-hybridized carbons (Fsp3) is 0.150. The van der Waals surface area contributed by atoms with Crippen LogP contribution in [0.1, 0.15) is 16.1 Å². The third-order valence-corrected chi connectivity index (χ3v) is 4.80. The molecule has 0 atom stereocenters. The van der Waals surface area contributed by atoms with Gasteiger partial charge in [-0.25, -0.2) is 0 Å². The van der Waals surface area contributed by atoms with E-state index in [1.54, 1.807) is 52.2 Å². The van der Waals surface area contributed by atoms with E-state index in [-0.39, 0.29) is 29.6 Å². The van der Waals surface area contributed by atoms with Crippen molar-refractivity contribution in [1.82, 2.24) is 14.5 Å². The Hall–Kier alpha value is -2.83. The molecule has 3 aromatic rings. The molecule has 4 rings (SSSR count). The van der Waals surface area contributed by atoms with Crippen LogP contribution >= 0.6 is 24.0 Å². The molecule has 1 aliphatic heterocycles. The number of pyridine rings is 2. The standard InChI is InChI=1S/C20H16ClN3O3.ClH/c21-14-5-3-4-13(10-14)11-24-9-8-23-12-15(16-6-1-2-7-22-16)18(25)19(26)17(23)20(24)27;/h1-7,10,12,26H,8-9,11H2;1H. The maximum atomic E-state index is 12.9. The number of hydrogen-bond donors (Lipinski definition) is 1. The third kappa shape index (κ3) is 3.61. The minimum Gasteiger partial charge on any atom is -0.503 e. The van der Waals surface area contributed by atoms with Crippen molar-refractivity contribution < 1.29 is 9.90 Å². The van der Waals surface area contributed by atoms with Crippen LogP contribution in [0.15, 0.2) is 59.7 Å².